The van der Waals surface area contributed by atoms with Gasteiger partial charge in [-0.25, -0.2) is 0 Å². The summed E-state index contributed by atoms with van der Waals surface area (Å²) in [5, 5.41) is 9.62. The molecule has 2 saturated heterocycles. The number of hydrogen-bond acceptors (Lipinski definition) is 3. The van der Waals surface area contributed by atoms with Gasteiger partial charge in [0.15, 0.2) is 0 Å². The van der Waals surface area contributed by atoms with Crippen LogP contribution < -0.4 is 0 Å². The first-order valence-electron chi connectivity index (χ1n) is 4.83. The summed E-state index contributed by atoms with van der Waals surface area (Å²) < 4.78 is 0. The molecule has 2 aliphatic heterocycles. The maximum absolute atomic E-state index is 9.62. The van der Waals surface area contributed by atoms with Gasteiger partial charge in [0.05, 0.1) is 6.10 Å². The number of hydrogen-bond donors (Lipinski definition) is 1. The molecule has 4 atom stereocenters. The number of rotatable bonds is 4. The highest BCUT2D eigenvalue weighted by molar-refractivity contribution is 4.90. The van der Waals surface area contributed by atoms with E-state index in [9.17, 15) is 5.11 Å². The summed E-state index contributed by atoms with van der Waals surface area (Å²) in [6.45, 7) is 8.48. The van der Waals surface area contributed by atoms with E-state index in [-0.39, 0.29) is 6.10 Å². The van der Waals surface area contributed by atoms with Crippen LogP contribution >= 0.6 is 0 Å². The van der Waals surface area contributed by atoms with Gasteiger partial charge >= 0.3 is 0 Å². The third-order valence-electron chi connectivity index (χ3n) is 2.87. The molecule has 3 heteroatoms. The minimum atomic E-state index is -0.139. The van der Waals surface area contributed by atoms with Crippen LogP contribution in [0, 0.1) is 0 Å². The van der Waals surface area contributed by atoms with E-state index in [1.54, 1.807) is 0 Å². The van der Waals surface area contributed by atoms with E-state index in [1.165, 1.54) is 13.1 Å². The van der Waals surface area contributed by atoms with Crippen molar-refractivity contribution < 1.29 is 5.11 Å². The molecule has 2 rings (SSSR count). The molecule has 0 spiro atoms. The van der Waals surface area contributed by atoms with E-state index in [2.05, 4.69) is 23.6 Å². The summed E-state index contributed by atoms with van der Waals surface area (Å²) in [6, 6.07) is 1.43. The molecule has 0 saturated carbocycles. The lowest BCUT2D eigenvalue weighted by atomic mass is 10.3. The molecular weight excluding hydrogens is 152 g/mol. The molecule has 12 heavy (non-hydrogen) atoms. The van der Waals surface area contributed by atoms with Crippen LogP contribution in [0.15, 0.2) is 0 Å². The fraction of sp³-hybridized carbons (Fsp3) is 1.00. The van der Waals surface area contributed by atoms with Crippen molar-refractivity contribution in [1.82, 2.24) is 9.80 Å². The largest absolute Gasteiger partial charge is 0.390 e. The molecule has 0 aromatic heterocycles. The maximum atomic E-state index is 9.62. The van der Waals surface area contributed by atoms with Gasteiger partial charge in [-0.05, 0) is 13.8 Å². The molecule has 3 nitrogen and oxygen atoms in total. The van der Waals surface area contributed by atoms with E-state index in [1.807, 2.05) is 0 Å². The van der Waals surface area contributed by atoms with Crippen molar-refractivity contribution >= 4 is 0 Å². The Labute approximate surface area is 74.0 Å². The molecule has 0 aliphatic carbocycles. The van der Waals surface area contributed by atoms with Gasteiger partial charge in [0.1, 0.15) is 0 Å². The van der Waals surface area contributed by atoms with Crippen molar-refractivity contribution in [1.29, 1.82) is 0 Å². The van der Waals surface area contributed by atoms with Crippen molar-refractivity contribution in [3.05, 3.63) is 0 Å². The van der Waals surface area contributed by atoms with Gasteiger partial charge in [-0.2, -0.15) is 0 Å². The lowest BCUT2D eigenvalue weighted by molar-refractivity contribution is 0.131. The standard InChI is InChI=1S/C9H18N2O/c1-7-3-10(7)5-9(12)6-11-4-8(11)2/h7-9,12H,3-6H2,1-2H3. The van der Waals surface area contributed by atoms with Gasteiger partial charge in [-0.1, -0.05) is 0 Å². The molecule has 2 aliphatic rings. The first kappa shape index (κ1) is 8.48. The molecule has 1 N–H and O–H groups in total. The van der Waals surface area contributed by atoms with E-state index < -0.39 is 0 Å². The zero-order valence-corrected chi connectivity index (χ0v) is 7.90. The first-order valence-corrected chi connectivity index (χ1v) is 4.83. The highest BCUT2D eigenvalue weighted by atomic mass is 16.3. The Morgan fingerprint density at radius 3 is 1.75 bits per heavy atom. The van der Waals surface area contributed by atoms with Gasteiger partial charge < -0.3 is 5.11 Å². The molecule has 0 aromatic carbocycles. The van der Waals surface area contributed by atoms with Crippen LogP contribution in [0.5, 0.6) is 0 Å². The average molecular weight is 170 g/mol. The van der Waals surface area contributed by atoms with Crippen LogP contribution in [-0.2, 0) is 0 Å². The molecule has 2 fully saturated rings. The van der Waals surface area contributed by atoms with Gasteiger partial charge in [-0.3, -0.25) is 9.80 Å². The van der Waals surface area contributed by atoms with Crippen LogP contribution in [0.1, 0.15) is 13.8 Å². The molecule has 0 amide bonds. The summed E-state index contributed by atoms with van der Waals surface area (Å²) in [4.78, 5) is 4.61. The second-order valence-electron chi connectivity index (χ2n) is 4.26. The molecular formula is C9H18N2O. The normalized spacial score (nSPS) is 47.2. The molecule has 0 radical (unpaired) electrons. The molecule has 0 aromatic rings. The second kappa shape index (κ2) is 2.98. The van der Waals surface area contributed by atoms with Crippen molar-refractivity contribution in [3.63, 3.8) is 0 Å². The first-order chi connectivity index (χ1) is 5.66. The van der Waals surface area contributed by atoms with Gasteiger partial charge in [-0.15, -0.1) is 0 Å². The van der Waals surface area contributed by atoms with Gasteiger partial charge in [0, 0.05) is 38.3 Å². The third-order valence-corrected chi connectivity index (χ3v) is 2.87. The molecule has 70 valence electrons. The van der Waals surface area contributed by atoms with E-state index >= 15 is 0 Å². The van der Waals surface area contributed by atoms with Gasteiger partial charge in [0.2, 0.25) is 0 Å². The topological polar surface area (TPSA) is 26.2 Å². The monoisotopic (exact) mass is 170 g/mol. The van der Waals surface area contributed by atoms with E-state index in [0.29, 0.717) is 12.1 Å². The smallest absolute Gasteiger partial charge is 0.0794 e. The summed E-state index contributed by atoms with van der Waals surface area (Å²) in [5.74, 6) is 0. The fourth-order valence-electron chi connectivity index (χ4n) is 1.69. The number of nitrogens with zero attached hydrogens (tertiary/aromatic N) is 2. The number of aliphatic hydroxyl groups is 1. The van der Waals surface area contributed by atoms with Crippen molar-refractivity contribution in [3.8, 4) is 0 Å². The van der Waals surface area contributed by atoms with Gasteiger partial charge in [0.25, 0.3) is 0 Å². The summed E-state index contributed by atoms with van der Waals surface area (Å²) in [7, 11) is 0. The fourth-order valence-corrected chi connectivity index (χ4v) is 1.69. The van der Waals surface area contributed by atoms with Crippen molar-refractivity contribution in [2.75, 3.05) is 26.2 Å². The lowest BCUT2D eigenvalue weighted by Gasteiger charge is -2.11. The highest BCUT2D eigenvalue weighted by Crippen LogP contribution is 2.19. The zero-order valence-electron chi connectivity index (χ0n) is 7.90. The van der Waals surface area contributed by atoms with Crippen LogP contribution in [0.2, 0.25) is 0 Å². The Hall–Kier alpha value is -0.120. The SMILES string of the molecule is CC1CN1CC(O)CN1CC1C. The number of β-amino-alcohol motifs (C(OH)–C–C–N with tert-alkyl or cyclic N) is 1. The summed E-state index contributed by atoms with van der Waals surface area (Å²) in [5.41, 5.74) is 0. The quantitative estimate of drug-likeness (QED) is 0.590. The lowest BCUT2D eigenvalue weighted by Crippen LogP contribution is -2.28. The van der Waals surface area contributed by atoms with Crippen molar-refractivity contribution in [2.45, 2.75) is 32.0 Å². The predicted molar refractivity (Wildman–Crippen MR) is 48.1 cm³/mol. The Kier molecular flexibility index (Phi) is 2.10. The molecule has 2 heterocycles. The minimum absolute atomic E-state index is 0.139. The maximum Gasteiger partial charge on any atom is 0.0794 e. The molecule has 4 unspecified atom stereocenters. The van der Waals surface area contributed by atoms with Crippen LogP contribution in [0.4, 0.5) is 0 Å². The zero-order chi connectivity index (χ0) is 8.72. The summed E-state index contributed by atoms with van der Waals surface area (Å²) in [6.07, 6.45) is -0.139. The summed E-state index contributed by atoms with van der Waals surface area (Å²) >= 11 is 0. The second-order valence-corrected chi connectivity index (χ2v) is 4.26. The van der Waals surface area contributed by atoms with E-state index in [4.69, 9.17) is 0 Å². The van der Waals surface area contributed by atoms with Crippen LogP contribution in [-0.4, -0.2) is 59.3 Å². The average Bonchev–Trinajstić information content (AvgIpc) is 2.80. The Balaban J connectivity index is 1.61. The highest BCUT2D eigenvalue weighted by Gasteiger charge is 2.34. The predicted octanol–water partition coefficient (Wildman–Crippen LogP) is -0.244. The minimum Gasteiger partial charge on any atom is -0.390 e. The van der Waals surface area contributed by atoms with Crippen LogP contribution in [0.25, 0.3) is 0 Å². The Morgan fingerprint density at radius 1 is 1.17 bits per heavy atom. The van der Waals surface area contributed by atoms with Crippen LogP contribution in [0.3, 0.4) is 0 Å². The Bertz CT molecular complexity index is 156. The van der Waals surface area contributed by atoms with E-state index in [0.717, 1.165) is 13.1 Å². The Morgan fingerprint density at radius 2 is 1.50 bits per heavy atom. The third kappa shape index (κ3) is 1.97. The number of aliphatic hydroxyl groups excluding tert-OH is 1. The van der Waals surface area contributed by atoms with Crippen molar-refractivity contribution in [2.24, 2.45) is 0 Å². The molecule has 0 bridgehead atoms.